The molecule has 1 aromatic rings. The van der Waals surface area contributed by atoms with E-state index in [0.29, 0.717) is 6.42 Å². The molecule has 0 spiro atoms. The van der Waals surface area contributed by atoms with Crippen LogP contribution in [0.4, 0.5) is 0 Å². The van der Waals surface area contributed by atoms with Gasteiger partial charge in [0.15, 0.2) is 5.60 Å². The summed E-state index contributed by atoms with van der Waals surface area (Å²) in [5, 5.41) is 20.6. The molecule has 1 unspecified atom stereocenters. The van der Waals surface area contributed by atoms with Gasteiger partial charge in [0, 0.05) is 6.42 Å². The average molecular weight is 262 g/mol. The molecule has 1 heterocycles. The maximum absolute atomic E-state index is 10.3. The standard InChI is InChI=1S/C16H22O3/c1-12(2)7-6-10-15(3)16(17,18)11-13-8-4-5-9-14(13)19-15/h4-5,7-9,17-18H,6,10-11H2,1-3H3. The van der Waals surface area contributed by atoms with Crippen molar-refractivity contribution in [2.75, 3.05) is 0 Å². The van der Waals surface area contributed by atoms with E-state index >= 15 is 0 Å². The second-order valence-electron chi connectivity index (χ2n) is 5.75. The van der Waals surface area contributed by atoms with E-state index in [9.17, 15) is 10.2 Å². The Bertz CT molecular complexity index is 487. The monoisotopic (exact) mass is 262 g/mol. The third-order valence-electron chi connectivity index (χ3n) is 3.77. The molecule has 3 nitrogen and oxygen atoms in total. The van der Waals surface area contributed by atoms with Gasteiger partial charge in [-0.1, -0.05) is 29.8 Å². The van der Waals surface area contributed by atoms with E-state index in [2.05, 4.69) is 6.08 Å². The molecule has 0 aromatic heterocycles. The lowest BCUT2D eigenvalue weighted by atomic mass is 9.82. The fourth-order valence-corrected chi connectivity index (χ4v) is 2.41. The predicted molar refractivity (Wildman–Crippen MR) is 75.0 cm³/mol. The Morgan fingerprint density at radius 3 is 2.68 bits per heavy atom. The van der Waals surface area contributed by atoms with Crippen LogP contribution in [0.5, 0.6) is 5.75 Å². The Morgan fingerprint density at radius 2 is 2.00 bits per heavy atom. The first-order chi connectivity index (χ1) is 8.84. The van der Waals surface area contributed by atoms with Gasteiger partial charge in [-0.25, -0.2) is 0 Å². The van der Waals surface area contributed by atoms with E-state index in [4.69, 9.17) is 4.74 Å². The summed E-state index contributed by atoms with van der Waals surface area (Å²) in [6, 6.07) is 7.52. The molecule has 0 bridgehead atoms. The molecule has 1 atom stereocenters. The summed E-state index contributed by atoms with van der Waals surface area (Å²) < 4.78 is 5.89. The highest BCUT2D eigenvalue weighted by Gasteiger charge is 2.50. The van der Waals surface area contributed by atoms with Gasteiger partial charge in [0.05, 0.1) is 0 Å². The van der Waals surface area contributed by atoms with Crippen LogP contribution in [-0.2, 0) is 6.42 Å². The van der Waals surface area contributed by atoms with Gasteiger partial charge in [-0.15, -0.1) is 0 Å². The van der Waals surface area contributed by atoms with Crippen LogP contribution in [0.3, 0.4) is 0 Å². The zero-order valence-electron chi connectivity index (χ0n) is 11.8. The average Bonchev–Trinajstić information content (AvgIpc) is 2.29. The molecule has 3 heteroatoms. The number of benzene rings is 1. The molecule has 1 aliphatic rings. The van der Waals surface area contributed by atoms with Crippen LogP contribution in [0, 0.1) is 0 Å². The molecular formula is C16H22O3. The SMILES string of the molecule is CC(C)=CCCC1(C)Oc2ccccc2CC1(O)O. The highest BCUT2D eigenvalue weighted by Crippen LogP contribution is 2.40. The van der Waals surface area contributed by atoms with Crippen LogP contribution >= 0.6 is 0 Å². The van der Waals surface area contributed by atoms with E-state index < -0.39 is 11.4 Å². The van der Waals surface area contributed by atoms with Crippen LogP contribution in [0.2, 0.25) is 0 Å². The van der Waals surface area contributed by atoms with Crippen LogP contribution in [0.1, 0.15) is 39.2 Å². The zero-order valence-corrected chi connectivity index (χ0v) is 11.8. The lowest BCUT2D eigenvalue weighted by molar-refractivity contribution is -0.267. The molecule has 104 valence electrons. The third-order valence-corrected chi connectivity index (χ3v) is 3.77. The minimum atomic E-state index is -1.84. The molecule has 2 rings (SSSR count). The molecule has 0 amide bonds. The number of aliphatic hydroxyl groups is 2. The van der Waals surface area contributed by atoms with Gasteiger partial charge in [0.1, 0.15) is 5.75 Å². The van der Waals surface area contributed by atoms with Gasteiger partial charge in [0.2, 0.25) is 5.79 Å². The van der Waals surface area contributed by atoms with Gasteiger partial charge in [-0.05, 0) is 45.2 Å². The number of allylic oxidation sites excluding steroid dienone is 2. The van der Waals surface area contributed by atoms with Gasteiger partial charge in [-0.3, -0.25) is 0 Å². The molecule has 0 radical (unpaired) electrons. The van der Waals surface area contributed by atoms with Crippen molar-refractivity contribution in [3.63, 3.8) is 0 Å². The summed E-state index contributed by atoms with van der Waals surface area (Å²) in [6.45, 7) is 5.83. The molecule has 1 aliphatic heterocycles. The third kappa shape index (κ3) is 2.82. The van der Waals surface area contributed by atoms with Crippen molar-refractivity contribution in [3.05, 3.63) is 41.5 Å². The van der Waals surface area contributed by atoms with E-state index in [1.54, 1.807) is 6.92 Å². The Hall–Kier alpha value is -1.32. The maximum atomic E-state index is 10.3. The van der Waals surface area contributed by atoms with Gasteiger partial charge in [-0.2, -0.15) is 0 Å². The minimum absolute atomic E-state index is 0.203. The molecule has 0 saturated carbocycles. The predicted octanol–water partition coefficient (Wildman–Crippen LogP) is 2.81. The van der Waals surface area contributed by atoms with Crippen molar-refractivity contribution >= 4 is 0 Å². The number of para-hydroxylation sites is 1. The summed E-state index contributed by atoms with van der Waals surface area (Å²) in [5.74, 6) is -1.09. The molecular weight excluding hydrogens is 240 g/mol. The first kappa shape index (κ1) is 14.1. The lowest BCUT2D eigenvalue weighted by Crippen LogP contribution is -2.59. The highest BCUT2D eigenvalue weighted by molar-refractivity contribution is 5.37. The van der Waals surface area contributed by atoms with Gasteiger partial charge >= 0.3 is 0 Å². The highest BCUT2D eigenvalue weighted by atomic mass is 16.6. The van der Waals surface area contributed by atoms with Gasteiger partial charge in [0.25, 0.3) is 0 Å². The Balaban J connectivity index is 2.23. The number of rotatable bonds is 3. The van der Waals surface area contributed by atoms with Crippen molar-refractivity contribution < 1.29 is 14.9 Å². The topological polar surface area (TPSA) is 49.7 Å². The van der Waals surface area contributed by atoms with Crippen LogP contribution in [0.25, 0.3) is 0 Å². The van der Waals surface area contributed by atoms with Gasteiger partial charge < -0.3 is 14.9 Å². The summed E-state index contributed by atoms with van der Waals surface area (Å²) in [4.78, 5) is 0. The lowest BCUT2D eigenvalue weighted by Gasteiger charge is -2.45. The Kier molecular flexibility index (Phi) is 3.70. The normalized spacial score (nSPS) is 24.3. The van der Waals surface area contributed by atoms with Crippen LogP contribution < -0.4 is 4.74 Å². The molecule has 2 N–H and O–H groups in total. The van der Waals surface area contributed by atoms with Crippen molar-refractivity contribution in [1.29, 1.82) is 0 Å². The number of ether oxygens (including phenoxy) is 1. The van der Waals surface area contributed by atoms with Crippen molar-refractivity contribution in [2.24, 2.45) is 0 Å². The molecule has 0 saturated heterocycles. The van der Waals surface area contributed by atoms with Crippen LogP contribution in [-0.4, -0.2) is 21.6 Å². The van der Waals surface area contributed by atoms with E-state index in [0.717, 1.165) is 17.7 Å². The smallest absolute Gasteiger partial charge is 0.207 e. The fourth-order valence-electron chi connectivity index (χ4n) is 2.41. The zero-order chi connectivity index (χ0) is 14.1. The summed E-state index contributed by atoms with van der Waals surface area (Å²) in [5.41, 5.74) is 1.08. The minimum Gasteiger partial charge on any atom is -0.482 e. The van der Waals surface area contributed by atoms with E-state index in [1.165, 1.54) is 5.57 Å². The largest absolute Gasteiger partial charge is 0.482 e. The van der Waals surface area contributed by atoms with E-state index in [1.807, 2.05) is 38.1 Å². The van der Waals surface area contributed by atoms with Crippen LogP contribution in [0.15, 0.2) is 35.9 Å². The second-order valence-corrected chi connectivity index (χ2v) is 5.75. The first-order valence-corrected chi connectivity index (χ1v) is 6.69. The summed E-state index contributed by atoms with van der Waals surface area (Å²) >= 11 is 0. The number of hydrogen-bond donors (Lipinski definition) is 2. The van der Waals surface area contributed by atoms with Crippen molar-refractivity contribution in [1.82, 2.24) is 0 Å². The summed E-state index contributed by atoms with van der Waals surface area (Å²) in [6.07, 6.45) is 3.63. The maximum Gasteiger partial charge on any atom is 0.207 e. The number of hydrogen-bond acceptors (Lipinski definition) is 3. The molecule has 0 aliphatic carbocycles. The Morgan fingerprint density at radius 1 is 1.32 bits per heavy atom. The molecule has 19 heavy (non-hydrogen) atoms. The van der Waals surface area contributed by atoms with Crippen molar-refractivity contribution in [3.8, 4) is 5.75 Å². The first-order valence-electron chi connectivity index (χ1n) is 6.69. The Labute approximate surface area is 114 Å². The quantitative estimate of drug-likeness (QED) is 0.650. The molecule has 0 fully saturated rings. The number of fused-ring (bicyclic) bond motifs is 1. The fraction of sp³-hybridized carbons (Fsp3) is 0.500. The molecule has 1 aromatic carbocycles. The van der Waals surface area contributed by atoms with E-state index in [-0.39, 0.29) is 6.42 Å². The second kappa shape index (κ2) is 4.99. The summed E-state index contributed by atoms with van der Waals surface area (Å²) in [7, 11) is 0. The van der Waals surface area contributed by atoms with Crippen molar-refractivity contribution in [2.45, 2.75) is 51.4 Å².